The highest BCUT2D eigenvalue weighted by Crippen LogP contribution is 2.28. The van der Waals surface area contributed by atoms with E-state index in [0.29, 0.717) is 21.4 Å². The lowest BCUT2D eigenvalue weighted by atomic mass is 9.95. The van der Waals surface area contributed by atoms with E-state index in [2.05, 4.69) is 5.32 Å². The highest BCUT2D eigenvalue weighted by molar-refractivity contribution is 7.92. The Bertz CT molecular complexity index is 1500. The minimum absolute atomic E-state index is 0.0224. The summed E-state index contributed by atoms with van der Waals surface area (Å²) in [4.78, 5) is 28.9. The standard InChI is InChI=1S/C31H35Cl2N3O5S/c1-22(31(38)34-25-10-5-3-6-11-25)35(20-23-16-17-24(32)18-29(23)33)30(37)21-36(26-12-9-13-27(19-26)41-2)42(39,40)28-14-7-4-8-15-28/h4,7-9,12-19,22,25H,3,5-6,10-11,20-21H2,1-2H3,(H,34,38)/t22-/m0/s1. The lowest BCUT2D eigenvalue weighted by Gasteiger charge is -2.33. The summed E-state index contributed by atoms with van der Waals surface area (Å²) < 4.78 is 34.2. The molecule has 0 unspecified atom stereocenters. The molecule has 3 aromatic rings. The Hall–Kier alpha value is -3.27. The van der Waals surface area contributed by atoms with Gasteiger partial charge in [0.15, 0.2) is 0 Å². The summed E-state index contributed by atoms with van der Waals surface area (Å²) in [5, 5.41) is 3.85. The fraction of sp³-hybridized carbons (Fsp3) is 0.355. The van der Waals surface area contributed by atoms with Gasteiger partial charge in [-0.1, -0.05) is 72.8 Å². The van der Waals surface area contributed by atoms with Gasteiger partial charge in [-0.05, 0) is 61.7 Å². The van der Waals surface area contributed by atoms with Crippen molar-refractivity contribution in [3.05, 3.63) is 88.4 Å². The van der Waals surface area contributed by atoms with Crippen molar-refractivity contribution >= 4 is 50.7 Å². The average molecular weight is 633 g/mol. The van der Waals surface area contributed by atoms with Gasteiger partial charge in [0.05, 0.1) is 17.7 Å². The predicted molar refractivity (Wildman–Crippen MR) is 165 cm³/mol. The summed E-state index contributed by atoms with van der Waals surface area (Å²) in [6.45, 7) is 1.06. The molecule has 1 atom stereocenters. The van der Waals surface area contributed by atoms with Crippen LogP contribution in [-0.2, 0) is 26.2 Å². The van der Waals surface area contributed by atoms with Crippen LogP contribution in [0.3, 0.4) is 0 Å². The van der Waals surface area contributed by atoms with Gasteiger partial charge in [-0.3, -0.25) is 13.9 Å². The van der Waals surface area contributed by atoms with Crippen LogP contribution in [0.2, 0.25) is 10.0 Å². The average Bonchev–Trinajstić information content (AvgIpc) is 3.00. The first-order valence-corrected chi connectivity index (χ1v) is 16.1. The van der Waals surface area contributed by atoms with E-state index in [1.807, 2.05) is 0 Å². The van der Waals surface area contributed by atoms with Crippen LogP contribution in [0.4, 0.5) is 5.69 Å². The molecule has 0 radical (unpaired) electrons. The van der Waals surface area contributed by atoms with Crippen molar-refractivity contribution in [2.45, 2.75) is 62.6 Å². The van der Waals surface area contributed by atoms with Gasteiger partial charge in [-0.15, -0.1) is 0 Å². The minimum atomic E-state index is -4.18. The third kappa shape index (κ3) is 7.76. The molecule has 2 amide bonds. The third-order valence-corrected chi connectivity index (χ3v) is 9.80. The van der Waals surface area contributed by atoms with Gasteiger partial charge in [-0.25, -0.2) is 8.42 Å². The number of nitrogens with zero attached hydrogens (tertiary/aromatic N) is 2. The molecule has 4 rings (SSSR count). The topological polar surface area (TPSA) is 96.0 Å². The second kappa shape index (κ2) is 14.3. The molecule has 0 bridgehead atoms. The molecule has 0 saturated heterocycles. The second-order valence-corrected chi connectivity index (χ2v) is 13.0. The highest BCUT2D eigenvalue weighted by atomic mass is 35.5. The fourth-order valence-corrected chi connectivity index (χ4v) is 6.89. The molecular formula is C31H35Cl2N3O5S. The Labute approximate surface area is 257 Å². The van der Waals surface area contributed by atoms with Crippen molar-refractivity contribution in [1.29, 1.82) is 0 Å². The van der Waals surface area contributed by atoms with E-state index in [-0.39, 0.29) is 29.1 Å². The number of benzene rings is 3. The fourth-order valence-electron chi connectivity index (χ4n) is 5.00. The largest absolute Gasteiger partial charge is 0.497 e. The molecule has 1 N–H and O–H groups in total. The summed E-state index contributed by atoms with van der Waals surface area (Å²) in [6.07, 6.45) is 4.98. The van der Waals surface area contributed by atoms with Crippen LogP contribution >= 0.6 is 23.2 Å². The lowest BCUT2D eigenvalue weighted by molar-refractivity contribution is -0.139. The first-order valence-electron chi connectivity index (χ1n) is 13.9. The Morgan fingerprint density at radius 2 is 1.69 bits per heavy atom. The van der Waals surface area contributed by atoms with Crippen molar-refractivity contribution in [2.75, 3.05) is 18.0 Å². The summed E-state index contributed by atoms with van der Waals surface area (Å²) in [5.41, 5.74) is 0.820. The predicted octanol–water partition coefficient (Wildman–Crippen LogP) is 6.06. The number of carbonyl (C=O) groups is 2. The van der Waals surface area contributed by atoms with Crippen molar-refractivity contribution in [3.63, 3.8) is 0 Å². The molecule has 0 heterocycles. The molecule has 0 aliphatic heterocycles. The number of hydrogen-bond acceptors (Lipinski definition) is 5. The number of ether oxygens (including phenoxy) is 1. The first-order chi connectivity index (χ1) is 20.1. The smallest absolute Gasteiger partial charge is 0.264 e. The second-order valence-electron chi connectivity index (χ2n) is 10.3. The minimum Gasteiger partial charge on any atom is -0.497 e. The summed E-state index contributed by atoms with van der Waals surface area (Å²) in [7, 11) is -2.70. The van der Waals surface area contributed by atoms with Crippen molar-refractivity contribution in [1.82, 2.24) is 10.2 Å². The molecule has 0 spiro atoms. The Kier molecular flexibility index (Phi) is 10.8. The van der Waals surface area contributed by atoms with Crippen LogP contribution in [0, 0.1) is 0 Å². The molecule has 1 fully saturated rings. The van der Waals surface area contributed by atoms with E-state index in [0.717, 1.165) is 36.4 Å². The molecule has 42 heavy (non-hydrogen) atoms. The van der Waals surface area contributed by atoms with Crippen molar-refractivity contribution < 1.29 is 22.7 Å². The third-order valence-electron chi connectivity index (χ3n) is 7.43. The quantitative estimate of drug-likeness (QED) is 0.277. The number of anilines is 1. The maximum Gasteiger partial charge on any atom is 0.264 e. The number of hydrogen-bond donors (Lipinski definition) is 1. The number of rotatable bonds is 11. The zero-order chi connectivity index (χ0) is 30.3. The molecular weight excluding hydrogens is 597 g/mol. The van der Waals surface area contributed by atoms with Gasteiger partial charge in [0.25, 0.3) is 10.0 Å². The van der Waals surface area contributed by atoms with Crippen LogP contribution in [-0.4, -0.2) is 50.9 Å². The zero-order valence-corrected chi connectivity index (χ0v) is 26.0. The number of nitrogens with one attached hydrogen (secondary N) is 1. The first kappa shape index (κ1) is 31.7. The van der Waals surface area contributed by atoms with E-state index in [1.54, 1.807) is 67.6 Å². The van der Waals surface area contributed by atoms with E-state index < -0.39 is 28.5 Å². The molecule has 1 aliphatic rings. The van der Waals surface area contributed by atoms with Crippen LogP contribution in [0.5, 0.6) is 5.75 Å². The van der Waals surface area contributed by atoms with Crippen LogP contribution < -0.4 is 14.4 Å². The monoisotopic (exact) mass is 631 g/mol. The number of carbonyl (C=O) groups excluding carboxylic acids is 2. The van der Waals surface area contributed by atoms with Crippen molar-refractivity contribution in [2.24, 2.45) is 0 Å². The normalized spacial score (nSPS) is 14.6. The van der Waals surface area contributed by atoms with Crippen LogP contribution in [0.25, 0.3) is 0 Å². The molecule has 8 nitrogen and oxygen atoms in total. The van der Waals surface area contributed by atoms with E-state index in [9.17, 15) is 18.0 Å². The van der Waals surface area contributed by atoms with Gasteiger partial charge in [-0.2, -0.15) is 0 Å². The molecule has 0 aromatic heterocycles. The van der Waals surface area contributed by atoms with Gasteiger partial charge in [0.1, 0.15) is 18.3 Å². The van der Waals surface area contributed by atoms with Gasteiger partial charge < -0.3 is 15.0 Å². The molecule has 11 heteroatoms. The van der Waals surface area contributed by atoms with Gasteiger partial charge >= 0.3 is 0 Å². The summed E-state index contributed by atoms with van der Waals surface area (Å²) in [6, 6.07) is 18.4. The SMILES string of the molecule is COc1cccc(N(CC(=O)N(Cc2ccc(Cl)cc2Cl)[C@@H](C)C(=O)NC2CCCCC2)S(=O)(=O)c2ccccc2)c1. The number of sulfonamides is 1. The van der Waals surface area contributed by atoms with Crippen LogP contribution in [0.15, 0.2) is 77.7 Å². The van der Waals surface area contributed by atoms with Gasteiger partial charge in [0, 0.05) is 28.7 Å². The van der Waals surface area contributed by atoms with Gasteiger partial charge in [0.2, 0.25) is 11.8 Å². The zero-order valence-electron chi connectivity index (χ0n) is 23.6. The molecule has 224 valence electrons. The van der Waals surface area contributed by atoms with Crippen LogP contribution in [0.1, 0.15) is 44.6 Å². The number of halogens is 2. The molecule has 1 saturated carbocycles. The maximum atomic E-state index is 14.1. The highest BCUT2D eigenvalue weighted by Gasteiger charge is 2.33. The van der Waals surface area contributed by atoms with E-state index in [4.69, 9.17) is 27.9 Å². The summed E-state index contributed by atoms with van der Waals surface area (Å²) in [5.74, 6) is -0.452. The Balaban J connectivity index is 1.70. The molecule has 3 aromatic carbocycles. The Morgan fingerprint density at radius 3 is 2.36 bits per heavy atom. The number of amides is 2. The lowest BCUT2D eigenvalue weighted by Crippen LogP contribution is -2.53. The molecule has 1 aliphatic carbocycles. The van der Waals surface area contributed by atoms with E-state index >= 15 is 0 Å². The summed E-state index contributed by atoms with van der Waals surface area (Å²) >= 11 is 12.6. The number of methoxy groups -OCH3 is 1. The Morgan fingerprint density at radius 1 is 0.976 bits per heavy atom. The van der Waals surface area contributed by atoms with Crippen molar-refractivity contribution in [3.8, 4) is 5.75 Å². The van der Waals surface area contributed by atoms with E-state index in [1.165, 1.54) is 24.1 Å². The maximum absolute atomic E-state index is 14.1.